The van der Waals surface area contributed by atoms with Gasteiger partial charge in [-0.25, -0.2) is 9.78 Å². The molecule has 2 aromatic carbocycles. The number of aryl methyl sites for hydroxylation is 1. The van der Waals surface area contributed by atoms with Gasteiger partial charge in [0.1, 0.15) is 5.82 Å². The van der Waals surface area contributed by atoms with Gasteiger partial charge in [-0.15, -0.1) is 0 Å². The number of esters is 1. The van der Waals surface area contributed by atoms with Crippen LogP contribution in [-0.4, -0.2) is 32.9 Å². The second-order valence-electron chi connectivity index (χ2n) is 7.31. The van der Waals surface area contributed by atoms with Crippen LogP contribution >= 0.6 is 11.6 Å². The molecule has 7 nitrogen and oxygen atoms in total. The van der Waals surface area contributed by atoms with Crippen molar-refractivity contribution < 1.29 is 14.3 Å². The number of nitrogens with one attached hydrogen (secondary N) is 2. The van der Waals surface area contributed by atoms with E-state index in [0.717, 1.165) is 11.1 Å². The van der Waals surface area contributed by atoms with Crippen molar-refractivity contribution in [3.8, 4) is 11.4 Å². The van der Waals surface area contributed by atoms with Crippen molar-refractivity contribution in [1.82, 2.24) is 15.0 Å². The zero-order chi connectivity index (χ0) is 22.7. The third kappa shape index (κ3) is 4.63. The second kappa shape index (κ2) is 9.20. The average molecular weight is 449 g/mol. The lowest BCUT2D eigenvalue weighted by Gasteiger charge is -2.16. The molecule has 0 fully saturated rings. The molecule has 0 aliphatic heterocycles. The van der Waals surface area contributed by atoms with E-state index in [1.807, 2.05) is 25.1 Å². The summed E-state index contributed by atoms with van der Waals surface area (Å²) in [7, 11) is 0. The van der Waals surface area contributed by atoms with Gasteiger partial charge in [-0.2, -0.15) is 0 Å². The molecule has 0 aliphatic carbocycles. The maximum Gasteiger partial charge on any atom is 0.338 e. The van der Waals surface area contributed by atoms with Crippen molar-refractivity contribution in [2.75, 3.05) is 5.32 Å². The van der Waals surface area contributed by atoms with E-state index in [4.69, 9.17) is 16.3 Å². The maximum absolute atomic E-state index is 12.7. The minimum atomic E-state index is -0.939. The lowest BCUT2D eigenvalue weighted by atomic mass is 10.2. The zero-order valence-electron chi connectivity index (χ0n) is 17.6. The number of benzene rings is 2. The van der Waals surface area contributed by atoms with Crippen LogP contribution in [0, 0.1) is 6.92 Å². The number of carbonyl (C=O) groups excluding carboxylic acids is 2. The Morgan fingerprint density at radius 3 is 2.75 bits per heavy atom. The van der Waals surface area contributed by atoms with Crippen LogP contribution in [0.15, 0.2) is 60.9 Å². The number of ether oxygens (including phenoxy) is 1. The number of imidazole rings is 1. The lowest BCUT2D eigenvalue weighted by molar-refractivity contribution is -0.124. The van der Waals surface area contributed by atoms with Gasteiger partial charge in [-0.1, -0.05) is 24.6 Å². The summed E-state index contributed by atoms with van der Waals surface area (Å²) in [5.41, 5.74) is 4.01. The van der Waals surface area contributed by atoms with Crippen LogP contribution < -0.4 is 5.32 Å². The quantitative estimate of drug-likeness (QED) is 0.397. The molecule has 0 saturated heterocycles. The number of amides is 1. The highest BCUT2D eigenvalue weighted by Gasteiger charge is 2.23. The molecule has 2 N–H and O–H groups in total. The molecular weight excluding hydrogens is 428 g/mol. The number of nitrogens with zero attached hydrogens (tertiary/aromatic N) is 2. The number of halogens is 1. The molecule has 1 amide bonds. The topological polar surface area (TPSA) is 97.0 Å². The Bertz CT molecular complexity index is 1290. The third-order valence-electron chi connectivity index (χ3n) is 5.00. The summed E-state index contributed by atoms with van der Waals surface area (Å²) in [6.45, 7) is 3.65. The van der Waals surface area contributed by atoms with Crippen LogP contribution in [-0.2, 0) is 9.53 Å². The number of anilines is 1. The molecular formula is C24H21ClN4O3. The van der Waals surface area contributed by atoms with Gasteiger partial charge in [0.05, 0.1) is 16.6 Å². The Labute approximate surface area is 189 Å². The number of aromatic amines is 1. The SMILES string of the molecule is CCC(OC(=O)c1ccc2nc(-c3cccnc3)[nH]c2c1)C(=O)Nc1ccc(C)c(Cl)c1. The number of carbonyl (C=O) groups is 2. The molecule has 8 heteroatoms. The molecule has 0 saturated carbocycles. The van der Waals surface area contributed by atoms with E-state index in [9.17, 15) is 9.59 Å². The summed E-state index contributed by atoms with van der Waals surface area (Å²) in [6, 6.07) is 14.0. The smallest absolute Gasteiger partial charge is 0.338 e. The predicted molar refractivity (Wildman–Crippen MR) is 124 cm³/mol. The molecule has 4 aromatic rings. The van der Waals surface area contributed by atoms with Crippen molar-refractivity contribution in [1.29, 1.82) is 0 Å². The molecule has 1 unspecified atom stereocenters. The van der Waals surface area contributed by atoms with Gasteiger partial charge in [0, 0.05) is 28.7 Å². The standard InChI is InChI=1S/C24H21ClN4O3/c1-3-21(23(30)27-17-8-6-14(2)18(25)12-17)32-24(31)15-7-9-19-20(11-15)29-22(28-19)16-5-4-10-26-13-16/h4-13,21H,3H2,1-2H3,(H,27,30)(H,28,29). The minimum Gasteiger partial charge on any atom is -0.449 e. The van der Waals surface area contributed by atoms with Gasteiger partial charge >= 0.3 is 5.97 Å². The monoisotopic (exact) mass is 448 g/mol. The lowest BCUT2D eigenvalue weighted by Crippen LogP contribution is -2.32. The number of fused-ring (bicyclic) bond motifs is 1. The molecule has 32 heavy (non-hydrogen) atoms. The third-order valence-corrected chi connectivity index (χ3v) is 5.41. The zero-order valence-corrected chi connectivity index (χ0v) is 18.3. The summed E-state index contributed by atoms with van der Waals surface area (Å²) in [5, 5.41) is 3.29. The summed E-state index contributed by atoms with van der Waals surface area (Å²) in [6.07, 6.45) is 2.78. The van der Waals surface area contributed by atoms with Gasteiger partial charge in [-0.3, -0.25) is 9.78 Å². The number of aromatic nitrogens is 3. The van der Waals surface area contributed by atoms with Crippen molar-refractivity contribution in [3.63, 3.8) is 0 Å². The van der Waals surface area contributed by atoms with Gasteiger partial charge in [0.2, 0.25) is 0 Å². The van der Waals surface area contributed by atoms with Crippen molar-refractivity contribution in [2.24, 2.45) is 0 Å². The Hall–Kier alpha value is -3.71. The molecule has 2 heterocycles. The fraction of sp³-hybridized carbons (Fsp3) is 0.167. The van der Waals surface area contributed by atoms with Crippen LogP contribution in [0.2, 0.25) is 5.02 Å². The first-order valence-electron chi connectivity index (χ1n) is 10.1. The van der Waals surface area contributed by atoms with Crippen LogP contribution in [0.25, 0.3) is 22.4 Å². The number of H-pyrrole nitrogens is 1. The molecule has 4 rings (SSSR count). The Kier molecular flexibility index (Phi) is 6.18. The summed E-state index contributed by atoms with van der Waals surface area (Å²) < 4.78 is 5.49. The fourth-order valence-corrected chi connectivity index (χ4v) is 3.37. The summed E-state index contributed by atoms with van der Waals surface area (Å²) in [5.74, 6) is -0.350. The van der Waals surface area contributed by atoms with Crippen molar-refractivity contribution in [3.05, 3.63) is 77.1 Å². The van der Waals surface area contributed by atoms with E-state index >= 15 is 0 Å². The first kappa shape index (κ1) is 21.5. The minimum absolute atomic E-state index is 0.323. The van der Waals surface area contributed by atoms with Crippen LogP contribution in [0.4, 0.5) is 5.69 Å². The Morgan fingerprint density at radius 2 is 2.03 bits per heavy atom. The Morgan fingerprint density at radius 1 is 1.19 bits per heavy atom. The molecule has 2 aromatic heterocycles. The molecule has 0 aliphatic rings. The van der Waals surface area contributed by atoms with E-state index in [2.05, 4.69) is 20.3 Å². The number of hydrogen-bond acceptors (Lipinski definition) is 5. The van der Waals surface area contributed by atoms with Gasteiger partial charge in [0.15, 0.2) is 6.10 Å². The van der Waals surface area contributed by atoms with E-state index in [-0.39, 0.29) is 0 Å². The fourth-order valence-electron chi connectivity index (χ4n) is 3.19. The highest BCUT2D eigenvalue weighted by molar-refractivity contribution is 6.31. The van der Waals surface area contributed by atoms with Crippen LogP contribution in [0.1, 0.15) is 29.3 Å². The molecule has 1 atom stereocenters. The van der Waals surface area contributed by atoms with E-state index in [1.54, 1.807) is 49.6 Å². The second-order valence-corrected chi connectivity index (χ2v) is 7.72. The highest BCUT2D eigenvalue weighted by atomic mass is 35.5. The van der Waals surface area contributed by atoms with Crippen molar-refractivity contribution in [2.45, 2.75) is 26.4 Å². The van der Waals surface area contributed by atoms with Crippen molar-refractivity contribution >= 4 is 40.2 Å². The first-order chi connectivity index (χ1) is 15.4. The number of rotatable bonds is 6. The predicted octanol–water partition coefficient (Wildman–Crippen LogP) is 5.16. The largest absolute Gasteiger partial charge is 0.449 e. The average Bonchev–Trinajstić information content (AvgIpc) is 3.23. The first-order valence-corrected chi connectivity index (χ1v) is 10.5. The summed E-state index contributed by atoms with van der Waals surface area (Å²) >= 11 is 6.12. The van der Waals surface area contributed by atoms with E-state index < -0.39 is 18.0 Å². The number of hydrogen-bond donors (Lipinski definition) is 2. The van der Waals surface area contributed by atoms with E-state index in [1.165, 1.54) is 0 Å². The Balaban J connectivity index is 1.48. The van der Waals surface area contributed by atoms with Gasteiger partial charge in [0.25, 0.3) is 5.91 Å². The molecule has 0 radical (unpaired) electrons. The highest BCUT2D eigenvalue weighted by Crippen LogP contribution is 2.22. The molecule has 0 spiro atoms. The maximum atomic E-state index is 12.7. The van der Waals surface area contributed by atoms with Gasteiger partial charge in [-0.05, 0) is 61.4 Å². The molecule has 162 valence electrons. The summed E-state index contributed by atoms with van der Waals surface area (Å²) in [4.78, 5) is 37.2. The normalized spacial score (nSPS) is 11.8. The van der Waals surface area contributed by atoms with Crippen LogP contribution in [0.3, 0.4) is 0 Å². The van der Waals surface area contributed by atoms with Gasteiger partial charge < -0.3 is 15.0 Å². The van der Waals surface area contributed by atoms with E-state index in [0.29, 0.717) is 39.6 Å². The van der Waals surface area contributed by atoms with Crippen LogP contribution in [0.5, 0.6) is 0 Å². The molecule has 0 bridgehead atoms. The number of pyridine rings is 1.